The Bertz CT molecular complexity index is 616. The highest BCUT2D eigenvalue weighted by Crippen LogP contribution is 2.32. The van der Waals surface area contributed by atoms with Crippen LogP contribution < -0.4 is 10.5 Å². The molecular weight excluding hydrogens is 306 g/mol. The lowest BCUT2D eigenvalue weighted by atomic mass is 10.2. The van der Waals surface area contributed by atoms with E-state index in [9.17, 15) is 18.5 Å². The molecule has 20 heavy (non-hydrogen) atoms. The predicted molar refractivity (Wildman–Crippen MR) is 76.3 cm³/mol. The van der Waals surface area contributed by atoms with Gasteiger partial charge >= 0.3 is 0 Å². The second-order valence-electron chi connectivity index (χ2n) is 4.52. The number of halogens is 1. The number of sulfonamides is 1. The summed E-state index contributed by atoms with van der Waals surface area (Å²) in [6.45, 7) is 3.45. The van der Waals surface area contributed by atoms with Gasteiger partial charge in [-0.1, -0.05) is 11.6 Å². The number of hydrogen-bond donors (Lipinski definition) is 2. The molecule has 0 radical (unpaired) electrons. The first kappa shape index (κ1) is 16.8. The number of rotatable bonds is 6. The van der Waals surface area contributed by atoms with E-state index in [4.69, 9.17) is 17.3 Å². The van der Waals surface area contributed by atoms with Crippen LogP contribution in [0.15, 0.2) is 17.0 Å². The molecule has 0 aliphatic rings. The molecule has 1 unspecified atom stereocenters. The van der Waals surface area contributed by atoms with E-state index in [2.05, 4.69) is 4.72 Å². The molecule has 1 atom stereocenters. The number of aryl methyl sites for hydroxylation is 1. The standard InChI is InChI=1S/C11H16ClN3O4S/c1-7-5-9(15(16)17)11(12)10(6-7)20(18,19)14-4-3-8(2)13/h5-6,8,14H,3-4,13H2,1-2H3. The molecule has 0 saturated heterocycles. The third-order valence-corrected chi connectivity index (χ3v) is 4.54. The number of nitrogens with one attached hydrogen (secondary N) is 1. The molecule has 1 rings (SSSR count). The molecule has 0 amide bonds. The smallest absolute Gasteiger partial charge is 0.289 e. The van der Waals surface area contributed by atoms with Crippen molar-refractivity contribution in [3.05, 3.63) is 32.8 Å². The van der Waals surface area contributed by atoms with Crippen LogP contribution in [0.1, 0.15) is 18.9 Å². The fraction of sp³-hybridized carbons (Fsp3) is 0.455. The van der Waals surface area contributed by atoms with E-state index < -0.39 is 25.7 Å². The summed E-state index contributed by atoms with van der Waals surface area (Å²) in [7, 11) is -3.91. The summed E-state index contributed by atoms with van der Waals surface area (Å²) in [6.07, 6.45) is 0.449. The predicted octanol–water partition coefficient (Wildman–Crippen LogP) is 1.57. The Balaban J connectivity index is 3.15. The van der Waals surface area contributed by atoms with E-state index in [1.165, 1.54) is 12.1 Å². The van der Waals surface area contributed by atoms with Crippen molar-refractivity contribution >= 4 is 27.3 Å². The molecule has 0 fully saturated rings. The maximum absolute atomic E-state index is 12.1. The highest BCUT2D eigenvalue weighted by molar-refractivity contribution is 7.89. The second kappa shape index (κ2) is 6.49. The van der Waals surface area contributed by atoms with Gasteiger partial charge < -0.3 is 5.73 Å². The van der Waals surface area contributed by atoms with Gasteiger partial charge in [0.25, 0.3) is 5.69 Å². The molecule has 112 valence electrons. The Morgan fingerprint density at radius 1 is 1.50 bits per heavy atom. The zero-order chi connectivity index (χ0) is 15.5. The van der Waals surface area contributed by atoms with Gasteiger partial charge in [0.05, 0.1) is 4.92 Å². The highest BCUT2D eigenvalue weighted by atomic mass is 35.5. The Hall–Kier alpha value is -1.22. The fourth-order valence-corrected chi connectivity index (χ4v) is 3.25. The van der Waals surface area contributed by atoms with Gasteiger partial charge in [-0.05, 0) is 31.9 Å². The molecule has 7 nitrogen and oxygen atoms in total. The van der Waals surface area contributed by atoms with Crippen LogP contribution in [0.5, 0.6) is 0 Å². The number of benzene rings is 1. The van der Waals surface area contributed by atoms with E-state index in [-0.39, 0.29) is 17.5 Å². The fourth-order valence-electron chi connectivity index (χ4n) is 1.54. The lowest BCUT2D eigenvalue weighted by Crippen LogP contribution is -2.29. The monoisotopic (exact) mass is 321 g/mol. The zero-order valence-corrected chi connectivity index (χ0v) is 12.7. The van der Waals surface area contributed by atoms with Crippen LogP contribution in [0.2, 0.25) is 5.02 Å². The number of nitrogens with two attached hydrogens (primary N) is 1. The van der Waals surface area contributed by atoms with Gasteiger partial charge in [0.2, 0.25) is 10.0 Å². The molecule has 0 aromatic heterocycles. The number of nitro groups is 1. The van der Waals surface area contributed by atoms with Crippen molar-refractivity contribution in [2.24, 2.45) is 5.73 Å². The van der Waals surface area contributed by atoms with Crippen LogP contribution in [0.4, 0.5) is 5.69 Å². The zero-order valence-electron chi connectivity index (χ0n) is 11.1. The molecule has 0 saturated carbocycles. The molecule has 1 aromatic rings. The first-order valence-electron chi connectivity index (χ1n) is 5.85. The molecule has 3 N–H and O–H groups in total. The summed E-state index contributed by atoms with van der Waals surface area (Å²) < 4.78 is 26.5. The van der Waals surface area contributed by atoms with E-state index in [1.807, 2.05) is 0 Å². The number of nitrogens with zero attached hydrogens (tertiary/aromatic N) is 1. The minimum atomic E-state index is -3.91. The molecule has 1 aromatic carbocycles. The summed E-state index contributed by atoms with van der Waals surface area (Å²) in [5.41, 5.74) is 5.54. The molecule has 0 heterocycles. The van der Waals surface area contributed by atoms with Crippen LogP contribution >= 0.6 is 11.6 Å². The van der Waals surface area contributed by atoms with Gasteiger partial charge in [0.1, 0.15) is 9.92 Å². The van der Waals surface area contributed by atoms with Gasteiger partial charge in [-0.3, -0.25) is 10.1 Å². The third-order valence-electron chi connectivity index (χ3n) is 2.54. The van der Waals surface area contributed by atoms with Crippen LogP contribution in [-0.4, -0.2) is 25.9 Å². The summed E-state index contributed by atoms with van der Waals surface area (Å²) in [6, 6.07) is 2.37. The SMILES string of the molecule is Cc1cc([N+](=O)[O-])c(Cl)c(S(=O)(=O)NCCC(C)N)c1. The minimum absolute atomic E-state index is 0.137. The maximum Gasteiger partial charge on any atom is 0.289 e. The summed E-state index contributed by atoms with van der Waals surface area (Å²) in [5, 5.41) is 10.5. The number of nitro benzene ring substituents is 1. The molecule has 0 bridgehead atoms. The summed E-state index contributed by atoms with van der Waals surface area (Å²) in [4.78, 5) is 9.84. The minimum Gasteiger partial charge on any atom is -0.328 e. The van der Waals surface area contributed by atoms with Crippen molar-refractivity contribution in [2.75, 3.05) is 6.54 Å². The van der Waals surface area contributed by atoms with Crippen molar-refractivity contribution in [2.45, 2.75) is 31.2 Å². The van der Waals surface area contributed by atoms with Crippen LogP contribution in [0, 0.1) is 17.0 Å². The summed E-state index contributed by atoms with van der Waals surface area (Å²) in [5.74, 6) is 0. The summed E-state index contributed by atoms with van der Waals surface area (Å²) >= 11 is 5.82. The average molecular weight is 322 g/mol. The van der Waals surface area contributed by atoms with Gasteiger partial charge in [0.15, 0.2) is 0 Å². The Morgan fingerprint density at radius 2 is 2.10 bits per heavy atom. The Labute approximate surface area is 122 Å². The largest absolute Gasteiger partial charge is 0.328 e. The van der Waals surface area contributed by atoms with Crippen molar-refractivity contribution in [3.63, 3.8) is 0 Å². The lowest BCUT2D eigenvalue weighted by molar-refractivity contribution is -0.385. The third kappa shape index (κ3) is 4.14. The maximum atomic E-state index is 12.1. The first-order chi connectivity index (χ1) is 9.15. The molecule has 0 aliphatic carbocycles. The molecule has 0 spiro atoms. The van der Waals surface area contributed by atoms with E-state index in [1.54, 1.807) is 13.8 Å². The highest BCUT2D eigenvalue weighted by Gasteiger charge is 2.25. The van der Waals surface area contributed by atoms with Crippen molar-refractivity contribution in [1.29, 1.82) is 0 Å². The first-order valence-corrected chi connectivity index (χ1v) is 7.71. The van der Waals surface area contributed by atoms with Crippen molar-refractivity contribution in [3.8, 4) is 0 Å². The van der Waals surface area contributed by atoms with E-state index in [0.29, 0.717) is 12.0 Å². The Morgan fingerprint density at radius 3 is 2.60 bits per heavy atom. The average Bonchev–Trinajstić information content (AvgIpc) is 2.30. The van der Waals surface area contributed by atoms with Crippen molar-refractivity contribution in [1.82, 2.24) is 4.72 Å². The van der Waals surface area contributed by atoms with Crippen LogP contribution in [-0.2, 0) is 10.0 Å². The van der Waals surface area contributed by atoms with Crippen molar-refractivity contribution < 1.29 is 13.3 Å². The second-order valence-corrected chi connectivity index (χ2v) is 6.63. The molecular formula is C11H16ClN3O4S. The topological polar surface area (TPSA) is 115 Å². The van der Waals surface area contributed by atoms with Crippen LogP contribution in [0.25, 0.3) is 0 Å². The lowest BCUT2D eigenvalue weighted by Gasteiger charge is -2.10. The quantitative estimate of drug-likeness (QED) is 0.609. The van der Waals surface area contributed by atoms with Crippen LogP contribution in [0.3, 0.4) is 0 Å². The number of hydrogen-bond acceptors (Lipinski definition) is 5. The van der Waals surface area contributed by atoms with Gasteiger partial charge in [0, 0.05) is 18.7 Å². The van der Waals surface area contributed by atoms with Gasteiger partial charge in [-0.15, -0.1) is 0 Å². The molecule has 9 heteroatoms. The van der Waals surface area contributed by atoms with E-state index in [0.717, 1.165) is 0 Å². The van der Waals surface area contributed by atoms with Gasteiger partial charge in [-0.25, -0.2) is 13.1 Å². The van der Waals surface area contributed by atoms with Gasteiger partial charge in [-0.2, -0.15) is 0 Å². The van der Waals surface area contributed by atoms with E-state index >= 15 is 0 Å². The molecule has 0 aliphatic heterocycles. The Kier molecular flexibility index (Phi) is 5.46. The normalized spacial score (nSPS) is 13.2.